The number of hydrogen-bond donors (Lipinski definition) is 0. The van der Waals surface area contributed by atoms with Gasteiger partial charge in [0, 0.05) is 128 Å². The molecule has 9 aromatic carbocycles. The molecule has 9 heterocycles. The van der Waals surface area contributed by atoms with Crippen LogP contribution in [0.5, 0.6) is 0 Å². The minimum absolute atomic E-state index is 0.823. The summed E-state index contributed by atoms with van der Waals surface area (Å²) in [6, 6.07) is 88.6. The third-order valence-electron chi connectivity index (χ3n) is 15.8. The smallest absolute Gasteiger partial charge is 0.125 e. The monoisotopic (exact) mass is 1560 g/mol. The summed E-state index contributed by atoms with van der Waals surface area (Å²) < 4.78 is 0. The second-order valence-corrected chi connectivity index (χ2v) is 24.0. The van der Waals surface area contributed by atoms with Crippen LogP contribution in [-0.2, 0) is 0 Å². The molecule has 0 saturated heterocycles. The van der Waals surface area contributed by atoms with Crippen LogP contribution in [0.3, 0.4) is 0 Å². The van der Waals surface area contributed by atoms with Gasteiger partial charge in [-0.25, -0.2) is 9.97 Å². The van der Waals surface area contributed by atoms with Crippen LogP contribution in [0.2, 0.25) is 0 Å². The summed E-state index contributed by atoms with van der Waals surface area (Å²) in [5, 5.41) is 15.9. The zero-order valence-corrected chi connectivity index (χ0v) is 75.6. The molecule has 0 spiro atoms. The van der Waals surface area contributed by atoms with Gasteiger partial charge < -0.3 is 0 Å². The summed E-state index contributed by atoms with van der Waals surface area (Å²) in [5.74, 6) is 0.823. The maximum Gasteiger partial charge on any atom is 0.125 e. The zero-order chi connectivity index (χ0) is 87.1. The molecule has 0 aliphatic carbocycles. The summed E-state index contributed by atoms with van der Waals surface area (Å²) in [5.41, 5.74) is 14.9. The van der Waals surface area contributed by atoms with Crippen LogP contribution in [0.4, 0.5) is 0 Å². The molecule has 0 bridgehead atoms. The van der Waals surface area contributed by atoms with Crippen molar-refractivity contribution in [3.05, 3.63) is 374 Å². The molecule has 0 unspecified atom stereocenters. The summed E-state index contributed by atoms with van der Waals surface area (Å²) in [6.07, 6.45) is 18.5. The molecule has 0 amide bonds. The fraction of sp³-hybridized carbons (Fsp3) is 0.252. The van der Waals surface area contributed by atoms with E-state index in [1.807, 2.05) is 342 Å². The van der Waals surface area contributed by atoms with E-state index >= 15 is 0 Å². The second kappa shape index (κ2) is 63.0. The van der Waals surface area contributed by atoms with Crippen LogP contribution in [0, 0.1) is 62.3 Å². The quantitative estimate of drug-likeness (QED) is 0.145. The molecule has 612 valence electrons. The van der Waals surface area contributed by atoms with Crippen LogP contribution in [0.25, 0.3) is 97.6 Å². The van der Waals surface area contributed by atoms with Crippen molar-refractivity contribution in [3.8, 4) is 0 Å². The van der Waals surface area contributed by atoms with Gasteiger partial charge in [0.1, 0.15) is 5.82 Å². The van der Waals surface area contributed by atoms with Crippen LogP contribution in [0.1, 0.15) is 175 Å². The Morgan fingerprint density at radius 2 is 0.564 bits per heavy atom. The topological polar surface area (TPSA) is 129 Å². The molecule has 10 heteroatoms. The van der Waals surface area contributed by atoms with Crippen molar-refractivity contribution >= 4 is 97.6 Å². The summed E-state index contributed by atoms with van der Waals surface area (Å²) >= 11 is 0. The predicted octanol–water partition coefficient (Wildman–Crippen LogP) is 31.5. The number of benzene rings is 9. The molecule has 0 radical (unpaired) electrons. The summed E-state index contributed by atoms with van der Waals surface area (Å²) in [4.78, 5) is 42.0. The van der Waals surface area contributed by atoms with E-state index in [4.69, 9.17) is 0 Å². The van der Waals surface area contributed by atoms with E-state index in [9.17, 15) is 0 Å². The molecule has 0 aliphatic heterocycles. The van der Waals surface area contributed by atoms with Crippen LogP contribution in [-0.4, -0.2) is 49.8 Å². The Morgan fingerprint density at radius 1 is 0.179 bits per heavy atom. The van der Waals surface area contributed by atoms with E-state index in [1.54, 1.807) is 0 Å². The molecule has 0 N–H and O–H groups in total. The average Bonchev–Trinajstić information content (AvgIpc) is 0.837. The first-order chi connectivity index (χ1) is 57.3. The van der Waals surface area contributed by atoms with E-state index < -0.39 is 0 Å². The number of rotatable bonds is 0. The maximum atomic E-state index is 4.38. The van der Waals surface area contributed by atoms with Crippen LogP contribution < -0.4 is 0 Å². The lowest BCUT2D eigenvalue weighted by molar-refractivity contribution is 1.09. The molecular weight excluding hydrogens is 1430 g/mol. The molecule has 18 aromatic rings. The fourth-order valence-corrected chi connectivity index (χ4v) is 10.7. The van der Waals surface area contributed by atoms with Gasteiger partial charge in [-0.2, -0.15) is 0 Å². The van der Waals surface area contributed by atoms with Crippen LogP contribution >= 0.6 is 0 Å². The Morgan fingerprint density at radius 3 is 1.18 bits per heavy atom. The van der Waals surface area contributed by atoms with Crippen molar-refractivity contribution in [1.29, 1.82) is 0 Å². The Bertz CT molecular complexity index is 4680. The molecule has 10 nitrogen and oxygen atoms in total. The fourth-order valence-electron chi connectivity index (χ4n) is 10.7. The minimum Gasteiger partial charge on any atom is -0.264 e. The largest absolute Gasteiger partial charge is 0.264 e. The second-order valence-electron chi connectivity index (χ2n) is 24.0. The number of para-hydroxylation sites is 3. The van der Waals surface area contributed by atoms with Gasteiger partial charge in [-0.1, -0.05) is 311 Å². The lowest BCUT2D eigenvalue weighted by Crippen LogP contribution is -1.86. The van der Waals surface area contributed by atoms with Gasteiger partial charge in [0.25, 0.3) is 0 Å². The third-order valence-corrected chi connectivity index (χ3v) is 15.8. The predicted molar refractivity (Wildman–Crippen MR) is 518 cm³/mol. The molecule has 9 aromatic heterocycles. The number of aromatic nitrogens is 10. The summed E-state index contributed by atoms with van der Waals surface area (Å²) in [7, 11) is 0. The number of fused-ring (bicyclic) bond motifs is 9. The molecule has 0 atom stereocenters. The van der Waals surface area contributed by atoms with E-state index in [0.717, 1.165) is 55.9 Å². The average molecular weight is 1560 g/mol. The number of hydrogen-bond acceptors (Lipinski definition) is 10. The van der Waals surface area contributed by atoms with E-state index in [1.165, 1.54) is 92.5 Å². The van der Waals surface area contributed by atoms with Gasteiger partial charge in [-0.05, 0) is 186 Å². The zero-order valence-electron chi connectivity index (χ0n) is 75.6. The summed E-state index contributed by atoms with van der Waals surface area (Å²) in [6.45, 7) is 54.3. The Labute approximate surface area is 703 Å². The van der Waals surface area contributed by atoms with E-state index in [2.05, 4.69) is 218 Å². The first-order valence-corrected chi connectivity index (χ1v) is 41.9. The molecule has 18 rings (SSSR count). The normalized spacial score (nSPS) is 9.15. The van der Waals surface area contributed by atoms with E-state index in [0.29, 0.717) is 0 Å². The standard InChI is InChI=1S/8C10H9N.C9H8N2.9C2H6/c1-8-2-3-10-7-11-5-4-9(10)6-8;1-8-2-3-9-4-5-11-7-10(9)6-8;1-8-4-5-10-9(7-8)3-2-6-11-10;1-8-4-5-9-3-2-6-11-10(9)7-8;1-8-6-9-4-2-3-5-10(9)7-11-8;1-8-6-9-4-2-3-5-10(9)11-7-8;1-8-10-5-3-2-4-9(10)6-7-11-8;1-8-6-7-9-4-2-3-5-10(9)11-8;1-7-10-6-8-4-2-3-5-9(8)11-7;9*1-2/h8*2-7H,1H3;2-6H,1H3;9*1-2H3. The van der Waals surface area contributed by atoms with Gasteiger partial charge >= 0.3 is 0 Å². The third kappa shape index (κ3) is 37.6. The lowest BCUT2D eigenvalue weighted by atomic mass is 10.1. The molecule has 0 aliphatic rings. The van der Waals surface area contributed by atoms with E-state index in [-0.39, 0.29) is 0 Å². The Balaban J connectivity index is 0.000000642. The number of nitrogens with zero attached hydrogens (tertiary/aromatic N) is 10. The molecule has 0 saturated carbocycles. The highest BCUT2D eigenvalue weighted by Crippen LogP contribution is 2.19. The Kier molecular flexibility index (Phi) is 55.2. The van der Waals surface area contributed by atoms with Gasteiger partial charge in [0.05, 0.1) is 27.6 Å². The lowest BCUT2D eigenvalue weighted by Gasteiger charge is -1.97. The van der Waals surface area contributed by atoms with Crippen molar-refractivity contribution in [3.63, 3.8) is 0 Å². The van der Waals surface area contributed by atoms with Gasteiger partial charge in [-0.3, -0.25) is 39.9 Å². The molecular formula is C107H134N10. The first-order valence-electron chi connectivity index (χ1n) is 41.9. The maximum absolute atomic E-state index is 4.38. The minimum atomic E-state index is 0.823. The highest BCUT2D eigenvalue weighted by atomic mass is 14.9. The van der Waals surface area contributed by atoms with Crippen LogP contribution in [0.15, 0.2) is 323 Å². The van der Waals surface area contributed by atoms with Gasteiger partial charge in [0.15, 0.2) is 0 Å². The van der Waals surface area contributed by atoms with Gasteiger partial charge in [-0.15, -0.1) is 0 Å². The van der Waals surface area contributed by atoms with Crippen molar-refractivity contribution in [2.75, 3.05) is 0 Å². The Hall–Kier alpha value is -12.4. The van der Waals surface area contributed by atoms with Crippen molar-refractivity contribution in [1.82, 2.24) is 49.8 Å². The number of pyridine rings is 8. The SMILES string of the molecule is CC.CC.CC.CC.CC.CC.CC.CC.CC.Cc1cc2ccccc2cn1.Cc1ccc2ccccc2n1.Cc1ccc2cccnc2c1.Cc1ccc2ccncc2c1.Cc1ccc2cnccc2c1.Cc1ccc2ncccc2c1.Cc1cnc2ccccc2c1.Cc1ncc2ccccc2n1.Cc1nccc2ccccc12. The molecule has 117 heavy (non-hydrogen) atoms. The highest BCUT2D eigenvalue weighted by Gasteiger charge is 1.99. The molecule has 0 fully saturated rings. The highest BCUT2D eigenvalue weighted by molar-refractivity contribution is 5.86. The first kappa shape index (κ1) is 103. The van der Waals surface area contributed by atoms with Gasteiger partial charge in [0.2, 0.25) is 0 Å². The van der Waals surface area contributed by atoms with Crippen molar-refractivity contribution in [2.45, 2.75) is 187 Å². The van der Waals surface area contributed by atoms with Crippen molar-refractivity contribution < 1.29 is 0 Å². The van der Waals surface area contributed by atoms with Crippen molar-refractivity contribution in [2.24, 2.45) is 0 Å². The number of aryl methyl sites for hydroxylation is 9.